The summed E-state index contributed by atoms with van der Waals surface area (Å²) < 4.78 is 5.72. The first kappa shape index (κ1) is 25.9. The molecule has 1 aliphatic rings. The smallest absolute Gasteiger partial charge is 0.295 e. The summed E-state index contributed by atoms with van der Waals surface area (Å²) in [5.74, 6) is -1.36. The molecule has 0 bridgehead atoms. The van der Waals surface area contributed by atoms with Crippen molar-refractivity contribution in [3.63, 3.8) is 0 Å². The van der Waals surface area contributed by atoms with Crippen LogP contribution < -0.4 is 4.74 Å². The highest BCUT2D eigenvalue weighted by Crippen LogP contribution is 2.40. The van der Waals surface area contributed by atoms with Gasteiger partial charge in [0, 0.05) is 24.2 Å². The number of aliphatic hydroxyl groups is 1. The Balaban J connectivity index is 2.08. The summed E-state index contributed by atoms with van der Waals surface area (Å²) in [6.45, 7) is 3.51. The Labute approximate surface area is 204 Å². The number of ether oxygens (including phenoxy) is 1. The number of non-ortho nitro benzene ring substituents is 1. The predicted molar refractivity (Wildman–Crippen MR) is 132 cm³/mol. The molecular weight excluding hydrogens is 450 g/mol. The molecule has 1 fully saturated rings. The molecule has 35 heavy (non-hydrogen) atoms. The number of nitro groups is 1. The number of hydrogen-bond donors (Lipinski definition) is 1. The van der Waals surface area contributed by atoms with E-state index >= 15 is 0 Å². The maximum Gasteiger partial charge on any atom is 0.295 e. The molecule has 2 aromatic rings. The summed E-state index contributed by atoms with van der Waals surface area (Å²) in [5, 5.41) is 22.6. The van der Waals surface area contributed by atoms with E-state index in [0.717, 1.165) is 12.8 Å². The van der Waals surface area contributed by atoms with Gasteiger partial charge >= 0.3 is 0 Å². The van der Waals surface area contributed by atoms with Crippen LogP contribution in [0.1, 0.15) is 43.4 Å². The van der Waals surface area contributed by atoms with Gasteiger partial charge in [0.05, 0.1) is 23.1 Å². The number of Topliss-reactive ketones (excluding diaryl/α,β-unsaturated/α-hetero) is 1. The minimum Gasteiger partial charge on any atom is -0.507 e. The van der Waals surface area contributed by atoms with Crippen molar-refractivity contribution in [1.82, 2.24) is 9.80 Å². The zero-order valence-electron chi connectivity index (χ0n) is 20.3. The molecule has 1 aliphatic heterocycles. The lowest BCUT2D eigenvalue weighted by Crippen LogP contribution is -2.32. The topological polar surface area (TPSA) is 113 Å². The van der Waals surface area contributed by atoms with Crippen molar-refractivity contribution in [3.8, 4) is 5.75 Å². The summed E-state index contributed by atoms with van der Waals surface area (Å²) in [7, 11) is 3.81. The largest absolute Gasteiger partial charge is 0.507 e. The highest BCUT2D eigenvalue weighted by atomic mass is 16.6. The van der Waals surface area contributed by atoms with Crippen LogP contribution in [-0.2, 0) is 9.59 Å². The van der Waals surface area contributed by atoms with Crippen LogP contribution in [-0.4, -0.2) is 65.3 Å². The van der Waals surface area contributed by atoms with E-state index in [1.54, 1.807) is 30.3 Å². The second-order valence-corrected chi connectivity index (χ2v) is 8.73. The van der Waals surface area contributed by atoms with Gasteiger partial charge < -0.3 is 19.6 Å². The number of unbranched alkanes of at least 4 members (excludes halogenated alkanes) is 1. The SMILES string of the molecule is CCCCOc1cccc(C(O)=C2C(=O)C(=O)N(CCCN(C)C)C2c2cccc([N+](=O)[O-])c2)c1. The van der Waals surface area contributed by atoms with Gasteiger partial charge in [-0.3, -0.25) is 19.7 Å². The van der Waals surface area contributed by atoms with Gasteiger partial charge in [-0.1, -0.05) is 37.6 Å². The molecule has 1 atom stereocenters. The van der Waals surface area contributed by atoms with Crippen molar-refractivity contribution in [3.05, 3.63) is 75.3 Å². The van der Waals surface area contributed by atoms with Gasteiger partial charge in [0.15, 0.2) is 0 Å². The monoisotopic (exact) mass is 481 g/mol. The fraction of sp³-hybridized carbons (Fsp3) is 0.385. The minimum absolute atomic E-state index is 0.0916. The Bertz CT molecular complexity index is 1130. The molecule has 2 aromatic carbocycles. The van der Waals surface area contributed by atoms with Gasteiger partial charge in [0.25, 0.3) is 17.4 Å². The molecule has 186 valence electrons. The first-order valence-corrected chi connectivity index (χ1v) is 11.6. The van der Waals surface area contributed by atoms with Crippen LogP contribution in [0.15, 0.2) is 54.1 Å². The summed E-state index contributed by atoms with van der Waals surface area (Å²) in [5.41, 5.74) is 0.472. The Morgan fingerprint density at radius 2 is 1.89 bits per heavy atom. The normalized spacial score (nSPS) is 17.3. The summed E-state index contributed by atoms with van der Waals surface area (Å²) in [6.07, 6.45) is 2.44. The standard InChI is InChI=1S/C26H31N3O6/c1-4-5-15-35-21-12-7-10-19(17-21)24(30)22-23(18-9-6-11-20(16-18)29(33)34)28(26(32)25(22)31)14-8-13-27(2)3/h6-7,9-12,16-17,23,30H,4-5,8,13-15H2,1-3H3. The second kappa shape index (κ2) is 11.6. The van der Waals surface area contributed by atoms with Gasteiger partial charge in [-0.15, -0.1) is 0 Å². The molecule has 9 heteroatoms. The Morgan fingerprint density at radius 3 is 2.57 bits per heavy atom. The molecular formula is C26H31N3O6. The average Bonchev–Trinajstić information content (AvgIpc) is 3.09. The van der Waals surface area contributed by atoms with Gasteiger partial charge in [-0.25, -0.2) is 0 Å². The number of hydrogen-bond acceptors (Lipinski definition) is 7. The molecule has 0 aromatic heterocycles. The van der Waals surface area contributed by atoms with Crippen LogP contribution in [0.3, 0.4) is 0 Å². The number of aliphatic hydroxyl groups excluding tert-OH is 1. The first-order valence-electron chi connectivity index (χ1n) is 11.6. The highest BCUT2D eigenvalue weighted by molar-refractivity contribution is 6.46. The van der Waals surface area contributed by atoms with Crippen LogP contribution in [0.2, 0.25) is 0 Å². The van der Waals surface area contributed by atoms with Crippen LogP contribution in [0.4, 0.5) is 5.69 Å². The Hall–Kier alpha value is -3.72. The van der Waals surface area contributed by atoms with Gasteiger partial charge in [0.2, 0.25) is 0 Å². The van der Waals surface area contributed by atoms with E-state index < -0.39 is 22.7 Å². The van der Waals surface area contributed by atoms with E-state index in [9.17, 15) is 24.8 Å². The summed E-state index contributed by atoms with van der Waals surface area (Å²) in [4.78, 5) is 40.4. The maximum atomic E-state index is 13.1. The zero-order chi connectivity index (χ0) is 25.5. The number of amides is 1. The second-order valence-electron chi connectivity index (χ2n) is 8.73. The highest BCUT2D eigenvalue weighted by Gasteiger charge is 2.46. The fourth-order valence-corrected chi connectivity index (χ4v) is 4.05. The lowest BCUT2D eigenvalue weighted by atomic mass is 9.95. The third-order valence-corrected chi connectivity index (χ3v) is 5.82. The number of benzene rings is 2. The quantitative estimate of drug-likeness (QED) is 0.128. The fourth-order valence-electron chi connectivity index (χ4n) is 4.05. The molecule has 1 heterocycles. The van der Waals surface area contributed by atoms with Crippen molar-refractivity contribution in [1.29, 1.82) is 0 Å². The lowest BCUT2D eigenvalue weighted by Gasteiger charge is -2.25. The first-order chi connectivity index (χ1) is 16.7. The Morgan fingerprint density at radius 1 is 1.14 bits per heavy atom. The van der Waals surface area contributed by atoms with Gasteiger partial charge in [-0.2, -0.15) is 0 Å². The van der Waals surface area contributed by atoms with Crippen molar-refractivity contribution in [2.75, 3.05) is 33.8 Å². The summed E-state index contributed by atoms with van der Waals surface area (Å²) in [6, 6.07) is 11.6. The third-order valence-electron chi connectivity index (χ3n) is 5.82. The van der Waals surface area contributed by atoms with Crippen LogP contribution in [0, 0.1) is 10.1 Å². The molecule has 1 N–H and O–H groups in total. The van der Waals surface area contributed by atoms with Crippen LogP contribution in [0.5, 0.6) is 5.75 Å². The molecule has 0 spiro atoms. The van der Waals surface area contributed by atoms with Crippen molar-refractivity contribution in [2.45, 2.75) is 32.2 Å². The number of rotatable bonds is 11. The number of nitro benzene ring substituents is 1. The number of carbonyl (C=O) groups is 2. The lowest BCUT2D eigenvalue weighted by molar-refractivity contribution is -0.384. The predicted octanol–water partition coefficient (Wildman–Crippen LogP) is 4.15. The van der Waals surface area contributed by atoms with Crippen LogP contribution >= 0.6 is 0 Å². The van der Waals surface area contributed by atoms with Crippen molar-refractivity contribution in [2.24, 2.45) is 0 Å². The number of likely N-dealkylation sites (tertiary alicyclic amines) is 1. The molecule has 1 unspecified atom stereocenters. The molecule has 1 amide bonds. The average molecular weight is 482 g/mol. The summed E-state index contributed by atoms with van der Waals surface area (Å²) >= 11 is 0. The molecule has 3 rings (SSSR count). The molecule has 0 radical (unpaired) electrons. The molecule has 1 saturated heterocycles. The third kappa shape index (κ3) is 6.05. The van der Waals surface area contributed by atoms with E-state index in [4.69, 9.17) is 4.74 Å². The minimum atomic E-state index is -0.943. The van der Waals surface area contributed by atoms with Gasteiger partial charge in [-0.05, 0) is 51.2 Å². The van der Waals surface area contributed by atoms with E-state index in [1.807, 2.05) is 19.0 Å². The zero-order valence-corrected chi connectivity index (χ0v) is 20.3. The number of nitrogens with zero attached hydrogens (tertiary/aromatic N) is 3. The number of carbonyl (C=O) groups excluding carboxylic acids is 2. The van der Waals surface area contributed by atoms with E-state index in [2.05, 4.69) is 6.92 Å². The molecule has 0 aliphatic carbocycles. The van der Waals surface area contributed by atoms with Crippen molar-refractivity contribution < 1.29 is 24.4 Å². The van der Waals surface area contributed by atoms with Gasteiger partial charge in [0.1, 0.15) is 11.5 Å². The molecule has 0 saturated carbocycles. The van der Waals surface area contributed by atoms with E-state index in [1.165, 1.54) is 23.1 Å². The van der Waals surface area contributed by atoms with E-state index in [0.29, 0.717) is 36.4 Å². The van der Waals surface area contributed by atoms with E-state index in [-0.39, 0.29) is 23.6 Å². The van der Waals surface area contributed by atoms with Crippen molar-refractivity contribution >= 4 is 23.1 Å². The molecule has 9 nitrogen and oxygen atoms in total. The number of ketones is 1. The van der Waals surface area contributed by atoms with Crippen LogP contribution in [0.25, 0.3) is 5.76 Å². The Kier molecular flexibility index (Phi) is 8.59. The maximum absolute atomic E-state index is 13.1.